The lowest BCUT2D eigenvalue weighted by Gasteiger charge is -2.37. The molecule has 36 heavy (non-hydrogen) atoms. The third-order valence-electron chi connectivity index (χ3n) is 6.55. The van der Waals surface area contributed by atoms with Gasteiger partial charge in [-0.1, -0.05) is 47.5 Å². The standard InChI is InChI=1S/C28H34N2O4S2/c1-4-34-18-5-16-29(36(32,33)24-12-8-22(3)9-13-24)20-27(31)30-17-14-26-25(15-19-35-26)28(30)23-10-6-21(2)7-11-23/h6-13,15,19,28H,4-5,14,16-18,20H2,1-3H3. The van der Waals surface area contributed by atoms with Gasteiger partial charge in [-0.15, -0.1) is 11.3 Å². The summed E-state index contributed by atoms with van der Waals surface area (Å²) in [7, 11) is -3.84. The molecule has 1 unspecified atom stereocenters. The number of sulfonamides is 1. The van der Waals surface area contributed by atoms with Crippen molar-refractivity contribution >= 4 is 27.3 Å². The highest BCUT2D eigenvalue weighted by Gasteiger charge is 2.35. The summed E-state index contributed by atoms with van der Waals surface area (Å²) in [5, 5.41) is 2.07. The fraction of sp³-hybridized carbons (Fsp3) is 0.393. The van der Waals surface area contributed by atoms with Crippen molar-refractivity contribution in [3.8, 4) is 0 Å². The van der Waals surface area contributed by atoms with Gasteiger partial charge in [-0.05, 0) is 68.3 Å². The van der Waals surface area contributed by atoms with E-state index in [0.29, 0.717) is 26.2 Å². The van der Waals surface area contributed by atoms with E-state index in [1.54, 1.807) is 35.6 Å². The summed E-state index contributed by atoms with van der Waals surface area (Å²) >= 11 is 1.71. The highest BCUT2D eigenvalue weighted by molar-refractivity contribution is 7.89. The van der Waals surface area contributed by atoms with Crippen LogP contribution in [-0.2, 0) is 26.0 Å². The molecule has 3 aromatic rings. The highest BCUT2D eigenvalue weighted by atomic mass is 32.2. The molecule has 4 rings (SSSR count). The highest BCUT2D eigenvalue weighted by Crippen LogP contribution is 2.38. The lowest BCUT2D eigenvalue weighted by Crippen LogP contribution is -2.47. The van der Waals surface area contributed by atoms with Crippen LogP contribution >= 0.6 is 11.3 Å². The van der Waals surface area contributed by atoms with Gasteiger partial charge in [0.25, 0.3) is 0 Å². The number of carbonyl (C=O) groups is 1. The zero-order valence-corrected chi connectivity index (χ0v) is 22.8. The van der Waals surface area contributed by atoms with Gasteiger partial charge < -0.3 is 9.64 Å². The van der Waals surface area contributed by atoms with Gasteiger partial charge in [0.1, 0.15) is 0 Å². The molecule has 0 aliphatic carbocycles. The largest absolute Gasteiger partial charge is 0.382 e. The number of hydrogen-bond donors (Lipinski definition) is 0. The van der Waals surface area contributed by atoms with Crippen molar-refractivity contribution in [2.75, 3.05) is 32.8 Å². The van der Waals surface area contributed by atoms with Gasteiger partial charge in [0.05, 0.1) is 17.5 Å². The molecule has 2 heterocycles. The summed E-state index contributed by atoms with van der Waals surface area (Å²) in [4.78, 5) is 17.1. The molecule has 0 bridgehead atoms. The van der Waals surface area contributed by atoms with E-state index in [1.807, 2.05) is 25.7 Å². The van der Waals surface area contributed by atoms with E-state index in [-0.39, 0.29) is 29.9 Å². The summed E-state index contributed by atoms with van der Waals surface area (Å²) in [6.07, 6.45) is 1.29. The quantitative estimate of drug-likeness (QED) is 0.351. The normalized spacial score (nSPS) is 15.8. The fourth-order valence-electron chi connectivity index (χ4n) is 4.57. The maximum absolute atomic E-state index is 13.8. The monoisotopic (exact) mass is 526 g/mol. The second kappa shape index (κ2) is 11.7. The molecule has 0 radical (unpaired) electrons. The topological polar surface area (TPSA) is 66.9 Å². The van der Waals surface area contributed by atoms with Crippen molar-refractivity contribution in [1.82, 2.24) is 9.21 Å². The zero-order chi connectivity index (χ0) is 25.7. The lowest BCUT2D eigenvalue weighted by molar-refractivity contribution is -0.133. The van der Waals surface area contributed by atoms with Gasteiger partial charge in [0, 0.05) is 31.2 Å². The fourth-order valence-corrected chi connectivity index (χ4v) is 6.90. The molecule has 0 N–H and O–H groups in total. The number of benzene rings is 2. The van der Waals surface area contributed by atoms with Gasteiger partial charge in [0.15, 0.2) is 0 Å². The van der Waals surface area contributed by atoms with Crippen molar-refractivity contribution < 1.29 is 17.9 Å². The number of aryl methyl sites for hydroxylation is 2. The molecule has 192 valence electrons. The minimum atomic E-state index is -3.84. The van der Waals surface area contributed by atoms with Crippen LogP contribution in [0.3, 0.4) is 0 Å². The maximum atomic E-state index is 13.8. The Labute approximate surface area is 218 Å². The number of hydrogen-bond acceptors (Lipinski definition) is 5. The Kier molecular flexibility index (Phi) is 8.62. The Hall–Kier alpha value is -2.52. The van der Waals surface area contributed by atoms with Crippen molar-refractivity contribution in [2.24, 2.45) is 0 Å². The van der Waals surface area contributed by atoms with E-state index >= 15 is 0 Å². The summed E-state index contributed by atoms with van der Waals surface area (Å²) in [5.41, 5.74) is 4.31. The van der Waals surface area contributed by atoms with Gasteiger partial charge in [-0.3, -0.25) is 4.79 Å². The molecule has 0 spiro atoms. The predicted molar refractivity (Wildman–Crippen MR) is 144 cm³/mol. The van der Waals surface area contributed by atoms with E-state index < -0.39 is 10.0 Å². The van der Waals surface area contributed by atoms with Crippen molar-refractivity contribution in [3.63, 3.8) is 0 Å². The molecule has 1 amide bonds. The van der Waals surface area contributed by atoms with Gasteiger partial charge in [0.2, 0.25) is 15.9 Å². The van der Waals surface area contributed by atoms with Crippen LogP contribution in [-0.4, -0.2) is 56.4 Å². The van der Waals surface area contributed by atoms with Crippen LogP contribution in [0.5, 0.6) is 0 Å². The molecule has 1 aromatic heterocycles. The van der Waals surface area contributed by atoms with Gasteiger partial charge in [-0.2, -0.15) is 4.31 Å². The zero-order valence-electron chi connectivity index (χ0n) is 21.1. The second-order valence-corrected chi connectivity index (χ2v) is 12.1. The van der Waals surface area contributed by atoms with Crippen molar-refractivity contribution in [3.05, 3.63) is 87.1 Å². The third kappa shape index (κ3) is 5.89. The Balaban J connectivity index is 1.62. The van der Waals surface area contributed by atoms with Crippen LogP contribution < -0.4 is 0 Å². The molecule has 2 aromatic carbocycles. The first-order valence-corrected chi connectivity index (χ1v) is 14.7. The molecular formula is C28H34N2O4S2. The molecular weight excluding hydrogens is 492 g/mol. The number of fused-ring (bicyclic) bond motifs is 1. The van der Waals surface area contributed by atoms with Gasteiger partial charge in [-0.25, -0.2) is 8.42 Å². The SMILES string of the molecule is CCOCCCN(CC(=O)N1CCc2sccc2C1c1ccc(C)cc1)S(=O)(=O)c1ccc(C)cc1. The first-order chi connectivity index (χ1) is 17.3. The van der Waals surface area contributed by atoms with E-state index in [4.69, 9.17) is 4.74 Å². The lowest BCUT2D eigenvalue weighted by atomic mass is 9.92. The predicted octanol–water partition coefficient (Wildman–Crippen LogP) is 4.96. The molecule has 1 aliphatic rings. The Morgan fingerprint density at radius 2 is 1.72 bits per heavy atom. The van der Waals surface area contributed by atoms with Crippen molar-refractivity contribution in [1.29, 1.82) is 0 Å². The summed E-state index contributed by atoms with van der Waals surface area (Å²) in [6.45, 7) is 7.45. The molecule has 1 aliphatic heterocycles. The van der Waals surface area contributed by atoms with Crippen LogP contribution in [0.15, 0.2) is 64.9 Å². The minimum Gasteiger partial charge on any atom is -0.382 e. The molecule has 6 nitrogen and oxygen atoms in total. The first-order valence-electron chi connectivity index (χ1n) is 12.4. The number of nitrogens with zero attached hydrogens (tertiary/aromatic N) is 2. The Morgan fingerprint density at radius 3 is 2.39 bits per heavy atom. The molecule has 0 saturated carbocycles. The van der Waals surface area contributed by atoms with E-state index in [1.165, 1.54) is 9.18 Å². The third-order valence-corrected chi connectivity index (χ3v) is 9.41. The molecule has 0 fully saturated rings. The van der Waals surface area contributed by atoms with Crippen LogP contribution in [0.25, 0.3) is 0 Å². The first kappa shape index (κ1) is 26.5. The summed E-state index contributed by atoms with van der Waals surface area (Å²) in [5.74, 6) is -0.190. The maximum Gasteiger partial charge on any atom is 0.243 e. The van der Waals surface area contributed by atoms with Crippen LogP contribution in [0.4, 0.5) is 0 Å². The average Bonchev–Trinajstić information content (AvgIpc) is 3.35. The average molecular weight is 527 g/mol. The van der Waals surface area contributed by atoms with Gasteiger partial charge >= 0.3 is 0 Å². The van der Waals surface area contributed by atoms with E-state index in [9.17, 15) is 13.2 Å². The molecule has 1 atom stereocenters. The van der Waals surface area contributed by atoms with Crippen LogP contribution in [0.2, 0.25) is 0 Å². The number of ether oxygens (including phenoxy) is 1. The van der Waals surface area contributed by atoms with Crippen LogP contribution in [0, 0.1) is 13.8 Å². The Bertz CT molecular complexity index is 1270. The molecule has 8 heteroatoms. The summed E-state index contributed by atoms with van der Waals surface area (Å²) in [6, 6.07) is 16.9. The number of amides is 1. The number of thiophene rings is 1. The van der Waals surface area contributed by atoms with Crippen molar-refractivity contribution in [2.45, 2.75) is 44.6 Å². The van der Waals surface area contributed by atoms with E-state index in [2.05, 4.69) is 35.7 Å². The van der Waals surface area contributed by atoms with E-state index in [0.717, 1.165) is 28.7 Å². The Morgan fingerprint density at radius 1 is 1.06 bits per heavy atom. The number of carbonyl (C=O) groups excluding carboxylic acids is 1. The van der Waals surface area contributed by atoms with Crippen LogP contribution in [0.1, 0.15) is 46.5 Å². The smallest absolute Gasteiger partial charge is 0.243 e. The summed E-state index contributed by atoms with van der Waals surface area (Å²) < 4.78 is 33.9. The minimum absolute atomic E-state index is 0.190. The second-order valence-electron chi connectivity index (χ2n) is 9.15. The molecule has 0 saturated heterocycles. The number of rotatable bonds is 10.